The van der Waals surface area contributed by atoms with Crippen LogP contribution in [0.25, 0.3) is 0 Å². The molecule has 94 valence electrons. The van der Waals surface area contributed by atoms with Crippen molar-refractivity contribution in [2.45, 2.75) is 19.4 Å². The van der Waals surface area contributed by atoms with Gasteiger partial charge in [-0.1, -0.05) is 0 Å². The first-order chi connectivity index (χ1) is 8.04. The maximum atomic E-state index is 12.9. The fourth-order valence-corrected chi connectivity index (χ4v) is 2.00. The molecule has 0 saturated carbocycles. The number of anilines is 1. The summed E-state index contributed by atoms with van der Waals surface area (Å²) < 4.78 is 12.9. The number of rotatable bonds is 6. The van der Waals surface area contributed by atoms with E-state index in [1.54, 1.807) is 11.8 Å². The van der Waals surface area contributed by atoms with Crippen molar-refractivity contribution in [2.24, 2.45) is 0 Å². The van der Waals surface area contributed by atoms with Crippen LogP contribution in [0.5, 0.6) is 0 Å². The molecule has 4 nitrogen and oxygen atoms in total. The predicted molar refractivity (Wildman–Crippen MR) is 69.1 cm³/mol. The molecule has 0 saturated heterocycles. The van der Waals surface area contributed by atoms with Crippen molar-refractivity contribution in [3.05, 3.63) is 34.1 Å². The van der Waals surface area contributed by atoms with Gasteiger partial charge in [-0.15, -0.1) is 0 Å². The lowest BCUT2D eigenvalue weighted by Crippen LogP contribution is -2.16. The van der Waals surface area contributed by atoms with Crippen LogP contribution in [-0.4, -0.2) is 23.0 Å². The zero-order chi connectivity index (χ0) is 12.8. The molecule has 0 aliphatic carbocycles. The molecule has 0 aliphatic heterocycles. The molecule has 1 aromatic carbocycles. The Hall–Kier alpha value is -1.30. The first-order valence-corrected chi connectivity index (χ1v) is 6.63. The van der Waals surface area contributed by atoms with Gasteiger partial charge in [-0.25, -0.2) is 4.39 Å². The lowest BCUT2D eigenvalue weighted by molar-refractivity contribution is -0.384. The molecule has 17 heavy (non-hydrogen) atoms. The maximum absolute atomic E-state index is 12.9. The summed E-state index contributed by atoms with van der Waals surface area (Å²) in [5.74, 6) is 0.377. The molecule has 6 heteroatoms. The Kier molecular flexibility index (Phi) is 5.21. The van der Waals surface area contributed by atoms with Gasteiger partial charge in [0, 0.05) is 6.04 Å². The third-order valence-electron chi connectivity index (χ3n) is 2.31. The molecule has 0 aromatic heterocycles. The maximum Gasteiger partial charge on any atom is 0.295 e. The van der Waals surface area contributed by atoms with Crippen molar-refractivity contribution in [1.82, 2.24) is 0 Å². The summed E-state index contributed by atoms with van der Waals surface area (Å²) in [4.78, 5) is 10.2. The minimum Gasteiger partial charge on any atom is -0.377 e. The van der Waals surface area contributed by atoms with Crippen LogP contribution in [0.15, 0.2) is 18.2 Å². The molecule has 1 atom stereocenters. The van der Waals surface area contributed by atoms with Gasteiger partial charge in [0.1, 0.15) is 11.5 Å². The van der Waals surface area contributed by atoms with Crippen LogP contribution >= 0.6 is 11.8 Å². The van der Waals surface area contributed by atoms with Gasteiger partial charge in [0.25, 0.3) is 5.69 Å². The molecule has 0 radical (unpaired) electrons. The van der Waals surface area contributed by atoms with Crippen molar-refractivity contribution in [1.29, 1.82) is 0 Å². The van der Waals surface area contributed by atoms with Crippen LogP contribution in [0.4, 0.5) is 15.8 Å². The fourth-order valence-electron chi connectivity index (χ4n) is 1.41. The molecule has 1 aromatic rings. The highest BCUT2D eigenvalue weighted by atomic mass is 32.2. The van der Waals surface area contributed by atoms with E-state index in [-0.39, 0.29) is 11.7 Å². The van der Waals surface area contributed by atoms with Crippen molar-refractivity contribution in [3.8, 4) is 0 Å². The lowest BCUT2D eigenvalue weighted by Gasteiger charge is -2.14. The van der Waals surface area contributed by atoms with Crippen molar-refractivity contribution < 1.29 is 9.31 Å². The predicted octanol–water partition coefficient (Wildman–Crippen LogP) is 3.29. The number of nitrogens with one attached hydrogen (secondary N) is 1. The molecule has 0 amide bonds. The Balaban J connectivity index is 2.79. The Morgan fingerprint density at radius 1 is 1.59 bits per heavy atom. The average molecular weight is 258 g/mol. The second-order valence-corrected chi connectivity index (χ2v) is 4.73. The molecule has 0 spiro atoms. The largest absolute Gasteiger partial charge is 0.377 e. The van der Waals surface area contributed by atoms with Crippen LogP contribution in [0.2, 0.25) is 0 Å². The van der Waals surface area contributed by atoms with E-state index in [0.29, 0.717) is 5.69 Å². The van der Waals surface area contributed by atoms with E-state index in [1.807, 2.05) is 13.2 Å². The highest BCUT2D eigenvalue weighted by molar-refractivity contribution is 7.98. The second-order valence-electron chi connectivity index (χ2n) is 3.75. The van der Waals surface area contributed by atoms with Crippen molar-refractivity contribution in [2.75, 3.05) is 17.3 Å². The van der Waals surface area contributed by atoms with Crippen molar-refractivity contribution in [3.63, 3.8) is 0 Å². The zero-order valence-corrected chi connectivity index (χ0v) is 10.6. The summed E-state index contributed by atoms with van der Waals surface area (Å²) in [7, 11) is 0. The third kappa shape index (κ3) is 4.22. The van der Waals surface area contributed by atoms with E-state index >= 15 is 0 Å². The quantitative estimate of drug-likeness (QED) is 0.628. The average Bonchev–Trinajstić information content (AvgIpc) is 2.28. The number of nitrogens with zero attached hydrogens (tertiary/aromatic N) is 1. The van der Waals surface area contributed by atoms with Gasteiger partial charge in [-0.05, 0) is 37.5 Å². The van der Waals surface area contributed by atoms with E-state index in [9.17, 15) is 14.5 Å². The molecule has 0 aliphatic rings. The van der Waals surface area contributed by atoms with E-state index < -0.39 is 10.7 Å². The van der Waals surface area contributed by atoms with Crippen LogP contribution in [0.3, 0.4) is 0 Å². The summed E-state index contributed by atoms with van der Waals surface area (Å²) in [6.45, 7) is 1.95. The van der Waals surface area contributed by atoms with Crippen molar-refractivity contribution >= 4 is 23.1 Å². The third-order valence-corrected chi connectivity index (χ3v) is 2.96. The molecule has 1 N–H and O–H groups in total. The summed E-state index contributed by atoms with van der Waals surface area (Å²) in [6, 6.07) is 3.68. The molecule has 0 fully saturated rings. The van der Waals surface area contributed by atoms with Crippen LogP contribution in [0, 0.1) is 15.9 Å². The van der Waals surface area contributed by atoms with Crippen LogP contribution in [0.1, 0.15) is 13.3 Å². The molecular formula is C11H15FN2O2S. The fraction of sp³-hybridized carbons (Fsp3) is 0.455. The number of nitro benzene ring substituents is 1. The summed E-state index contributed by atoms with van der Waals surface area (Å²) in [5.41, 5.74) is 0.144. The summed E-state index contributed by atoms with van der Waals surface area (Å²) >= 11 is 1.72. The molecule has 0 bridgehead atoms. The number of halogens is 1. The first kappa shape index (κ1) is 13.8. The van der Waals surface area contributed by atoms with Gasteiger partial charge in [0.2, 0.25) is 0 Å². The Labute approximate surface area is 104 Å². The monoisotopic (exact) mass is 258 g/mol. The van der Waals surface area contributed by atoms with Gasteiger partial charge in [-0.2, -0.15) is 11.8 Å². The number of nitro groups is 1. The SMILES string of the molecule is CSCCC(C)Nc1ccc(F)cc1[N+](=O)[O-]. The zero-order valence-electron chi connectivity index (χ0n) is 9.77. The lowest BCUT2D eigenvalue weighted by atomic mass is 10.2. The topological polar surface area (TPSA) is 55.2 Å². The van der Waals surface area contributed by atoms with E-state index in [4.69, 9.17) is 0 Å². The minimum absolute atomic E-state index is 0.117. The minimum atomic E-state index is -0.598. The molecule has 1 rings (SSSR count). The standard InChI is InChI=1S/C11H15FN2O2S/c1-8(5-6-17-2)13-10-4-3-9(12)7-11(10)14(15)16/h3-4,7-8,13H,5-6H2,1-2H3. The van der Waals surface area contributed by atoms with Gasteiger partial charge >= 0.3 is 0 Å². The molecule has 1 unspecified atom stereocenters. The number of benzene rings is 1. The van der Waals surface area contributed by atoms with Gasteiger partial charge in [-0.3, -0.25) is 10.1 Å². The van der Waals surface area contributed by atoms with Crippen LogP contribution < -0.4 is 5.32 Å². The van der Waals surface area contributed by atoms with E-state index in [2.05, 4.69) is 5.32 Å². The normalized spacial score (nSPS) is 12.2. The summed E-state index contributed by atoms with van der Waals surface area (Å²) in [6.07, 6.45) is 2.91. The first-order valence-electron chi connectivity index (χ1n) is 5.24. The Morgan fingerprint density at radius 3 is 2.88 bits per heavy atom. The van der Waals surface area contributed by atoms with Gasteiger partial charge < -0.3 is 5.32 Å². The highest BCUT2D eigenvalue weighted by Gasteiger charge is 2.16. The van der Waals surface area contributed by atoms with Gasteiger partial charge in [0.15, 0.2) is 0 Å². The second kappa shape index (κ2) is 6.44. The number of hydrogen-bond acceptors (Lipinski definition) is 4. The Bertz CT molecular complexity index is 401. The number of hydrogen-bond donors (Lipinski definition) is 1. The smallest absolute Gasteiger partial charge is 0.295 e. The number of thioether (sulfide) groups is 1. The highest BCUT2D eigenvalue weighted by Crippen LogP contribution is 2.26. The van der Waals surface area contributed by atoms with E-state index in [0.717, 1.165) is 18.2 Å². The van der Waals surface area contributed by atoms with Crippen LogP contribution in [-0.2, 0) is 0 Å². The summed E-state index contributed by atoms with van der Waals surface area (Å²) in [5, 5.41) is 13.8. The Morgan fingerprint density at radius 2 is 2.29 bits per heavy atom. The molecule has 0 heterocycles. The van der Waals surface area contributed by atoms with Gasteiger partial charge in [0.05, 0.1) is 11.0 Å². The molecular weight excluding hydrogens is 243 g/mol. The van der Waals surface area contributed by atoms with E-state index in [1.165, 1.54) is 12.1 Å².